The minimum atomic E-state index is -0.384. The number of morpholine rings is 1. The number of hydrazone groups is 1. The van der Waals surface area contributed by atoms with Crippen LogP contribution in [-0.2, 0) is 9.53 Å². The average molecular weight is 567 g/mol. The summed E-state index contributed by atoms with van der Waals surface area (Å²) in [4.78, 5) is 31.8. The van der Waals surface area contributed by atoms with Crippen molar-refractivity contribution in [2.75, 3.05) is 53.0 Å². The summed E-state index contributed by atoms with van der Waals surface area (Å²) in [7, 11) is 1.62. The van der Waals surface area contributed by atoms with Gasteiger partial charge in [0.1, 0.15) is 12.3 Å². The Hall–Kier alpha value is -3.24. The zero-order valence-electron chi connectivity index (χ0n) is 21.8. The number of ether oxygens (including phenoxy) is 2. The molecule has 0 aliphatic carbocycles. The van der Waals surface area contributed by atoms with Crippen molar-refractivity contribution in [1.29, 1.82) is 0 Å². The molecule has 10 heteroatoms. The SMILES string of the molecule is COc1cccc(C2=NN(C(=O)CN(CCN3CCOCC3)C(=O)c3cccs3)[C@@H](c3ccccc3Cl)C2)c1. The van der Waals surface area contributed by atoms with Gasteiger partial charge in [0, 0.05) is 43.2 Å². The lowest BCUT2D eigenvalue weighted by atomic mass is 9.98. The quantitative estimate of drug-likeness (QED) is 0.379. The second-order valence-corrected chi connectivity index (χ2v) is 10.8. The van der Waals surface area contributed by atoms with Gasteiger partial charge in [0.05, 0.1) is 37.0 Å². The fourth-order valence-electron chi connectivity index (χ4n) is 4.84. The Kier molecular flexibility index (Phi) is 8.93. The van der Waals surface area contributed by atoms with Gasteiger partial charge < -0.3 is 14.4 Å². The first-order valence-corrected chi connectivity index (χ1v) is 14.2. The highest BCUT2D eigenvalue weighted by Gasteiger charge is 2.35. The number of halogens is 1. The van der Waals surface area contributed by atoms with Gasteiger partial charge in [-0.25, -0.2) is 5.01 Å². The zero-order valence-corrected chi connectivity index (χ0v) is 23.4. The van der Waals surface area contributed by atoms with E-state index in [1.165, 1.54) is 16.3 Å². The van der Waals surface area contributed by atoms with Crippen LogP contribution < -0.4 is 4.74 Å². The van der Waals surface area contributed by atoms with E-state index >= 15 is 0 Å². The van der Waals surface area contributed by atoms with Gasteiger partial charge in [0.25, 0.3) is 11.8 Å². The lowest BCUT2D eigenvalue weighted by Crippen LogP contribution is -2.46. The third-order valence-corrected chi connectivity index (χ3v) is 8.17. The van der Waals surface area contributed by atoms with Crippen LogP contribution in [0.3, 0.4) is 0 Å². The Balaban J connectivity index is 1.41. The van der Waals surface area contributed by atoms with E-state index in [0.29, 0.717) is 48.4 Å². The van der Waals surface area contributed by atoms with Crippen molar-refractivity contribution in [2.45, 2.75) is 12.5 Å². The number of thiophene rings is 1. The molecule has 1 saturated heterocycles. The predicted molar refractivity (Wildman–Crippen MR) is 153 cm³/mol. The van der Waals surface area contributed by atoms with E-state index in [0.717, 1.165) is 29.9 Å². The number of carbonyl (C=O) groups excluding carboxylic acids is 2. The van der Waals surface area contributed by atoms with Crippen molar-refractivity contribution >= 4 is 40.5 Å². The van der Waals surface area contributed by atoms with Crippen molar-refractivity contribution in [2.24, 2.45) is 5.10 Å². The van der Waals surface area contributed by atoms with E-state index < -0.39 is 0 Å². The largest absolute Gasteiger partial charge is 0.497 e. The molecule has 39 heavy (non-hydrogen) atoms. The maximum atomic E-state index is 13.9. The first-order chi connectivity index (χ1) is 19.0. The van der Waals surface area contributed by atoms with Crippen molar-refractivity contribution in [1.82, 2.24) is 14.8 Å². The topological polar surface area (TPSA) is 74.7 Å². The van der Waals surface area contributed by atoms with Crippen LogP contribution in [0.4, 0.5) is 0 Å². The van der Waals surface area contributed by atoms with Gasteiger partial charge in [-0.05, 0) is 35.2 Å². The highest BCUT2D eigenvalue weighted by Crippen LogP contribution is 2.36. The van der Waals surface area contributed by atoms with Crippen LogP contribution in [0.2, 0.25) is 5.02 Å². The standard InChI is InChI=1S/C29H31ClN4O4S/c1-37-22-7-4-6-21(18-22)25-19-26(23-8-2-3-9-24(23)30)34(31-25)28(35)20-33(29(36)27-10-5-17-39-27)12-11-32-13-15-38-16-14-32/h2-10,17-18,26H,11-16,19-20H2,1H3/t26-/m1/s1. The second-order valence-electron chi connectivity index (χ2n) is 9.42. The molecular weight excluding hydrogens is 536 g/mol. The molecule has 1 aromatic heterocycles. The van der Waals surface area contributed by atoms with Crippen LogP contribution in [0.25, 0.3) is 0 Å². The first-order valence-electron chi connectivity index (χ1n) is 12.9. The Labute approximate surface area is 237 Å². The first kappa shape index (κ1) is 27.3. The molecule has 1 atom stereocenters. The molecule has 2 aliphatic rings. The lowest BCUT2D eigenvalue weighted by Gasteiger charge is -2.31. The fraction of sp³-hybridized carbons (Fsp3) is 0.345. The third kappa shape index (κ3) is 6.50. The lowest BCUT2D eigenvalue weighted by molar-refractivity contribution is -0.133. The van der Waals surface area contributed by atoms with E-state index in [1.54, 1.807) is 18.1 Å². The van der Waals surface area contributed by atoms with Crippen LogP contribution in [0.5, 0.6) is 5.75 Å². The molecule has 0 spiro atoms. The molecule has 2 amide bonds. The molecule has 5 rings (SSSR count). The van der Waals surface area contributed by atoms with Gasteiger partial charge in [-0.2, -0.15) is 5.10 Å². The van der Waals surface area contributed by atoms with Gasteiger partial charge in [0.15, 0.2) is 0 Å². The fourth-order valence-corrected chi connectivity index (χ4v) is 5.79. The number of rotatable bonds is 9. The Morgan fingerprint density at radius 1 is 1.13 bits per heavy atom. The molecule has 0 N–H and O–H groups in total. The molecule has 3 heterocycles. The minimum Gasteiger partial charge on any atom is -0.497 e. The van der Waals surface area contributed by atoms with Crippen LogP contribution in [0, 0.1) is 0 Å². The van der Waals surface area contributed by atoms with E-state index in [9.17, 15) is 9.59 Å². The maximum Gasteiger partial charge on any atom is 0.264 e. The number of carbonyl (C=O) groups is 2. The molecule has 0 unspecified atom stereocenters. The summed E-state index contributed by atoms with van der Waals surface area (Å²) in [5, 5.41) is 8.72. The highest BCUT2D eigenvalue weighted by atomic mass is 35.5. The Bertz CT molecular complexity index is 1330. The summed E-state index contributed by atoms with van der Waals surface area (Å²) >= 11 is 7.96. The number of nitrogens with zero attached hydrogens (tertiary/aromatic N) is 4. The van der Waals surface area contributed by atoms with E-state index in [-0.39, 0.29) is 24.4 Å². The molecule has 0 radical (unpaired) electrons. The van der Waals surface area contributed by atoms with Crippen molar-refractivity contribution in [3.63, 3.8) is 0 Å². The smallest absolute Gasteiger partial charge is 0.264 e. The van der Waals surface area contributed by atoms with Crippen molar-refractivity contribution in [3.05, 3.63) is 87.1 Å². The zero-order chi connectivity index (χ0) is 27.2. The van der Waals surface area contributed by atoms with E-state index in [2.05, 4.69) is 4.90 Å². The Morgan fingerprint density at radius 3 is 2.69 bits per heavy atom. The summed E-state index contributed by atoms with van der Waals surface area (Å²) in [6.07, 6.45) is 0.495. The third-order valence-electron chi connectivity index (χ3n) is 6.97. The van der Waals surface area contributed by atoms with Gasteiger partial charge >= 0.3 is 0 Å². The molecule has 8 nitrogen and oxygen atoms in total. The van der Waals surface area contributed by atoms with Crippen molar-refractivity contribution in [3.8, 4) is 5.75 Å². The average Bonchev–Trinajstić information content (AvgIpc) is 3.67. The van der Waals surface area contributed by atoms with Gasteiger partial charge in [-0.15, -0.1) is 11.3 Å². The summed E-state index contributed by atoms with van der Waals surface area (Å²) in [6, 6.07) is 18.4. The summed E-state index contributed by atoms with van der Waals surface area (Å²) < 4.78 is 10.9. The predicted octanol–water partition coefficient (Wildman–Crippen LogP) is 4.56. The summed E-state index contributed by atoms with van der Waals surface area (Å²) in [5.41, 5.74) is 2.45. The van der Waals surface area contributed by atoms with E-state index in [1.807, 2.05) is 60.0 Å². The summed E-state index contributed by atoms with van der Waals surface area (Å²) in [5.74, 6) is 0.298. The molecule has 204 valence electrons. The molecule has 0 saturated carbocycles. The number of hydrogen-bond acceptors (Lipinski definition) is 7. The van der Waals surface area contributed by atoms with Crippen LogP contribution >= 0.6 is 22.9 Å². The van der Waals surface area contributed by atoms with Crippen molar-refractivity contribution < 1.29 is 19.1 Å². The minimum absolute atomic E-state index is 0.0864. The molecule has 1 fully saturated rings. The molecule has 0 bridgehead atoms. The highest BCUT2D eigenvalue weighted by molar-refractivity contribution is 7.12. The van der Waals surface area contributed by atoms with Crippen LogP contribution in [0.1, 0.15) is 33.3 Å². The Morgan fingerprint density at radius 2 is 1.95 bits per heavy atom. The second kappa shape index (κ2) is 12.7. The monoisotopic (exact) mass is 566 g/mol. The molecule has 3 aromatic rings. The van der Waals surface area contributed by atoms with Crippen LogP contribution in [0.15, 0.2) is 71.1 Å². The maximum absolute atomic E-state index is 13.9. The van der Waals surface area contributed by atoms with Gasteiger partial charge in [-0.3, -0.25) is 14.5 Å². The summed E-state index contributed by atoms with van der Waals surface area (Å²) in [6.45, 7) is 3.98. The van der Waals surface area contributed by atoms with Gasteiger partial charge in [0.2, 0.25) is 0 Å². The molecular formula is C29H31ClN4O4S. The molecule has 2 aliphatic heterocycles. The van der Waals surface area contributed by atoms with E-state index in [4.69, 9.17) is 26.2 Å². The normalized spacial score (nSPS) is 17.6. The number of methoxy groups -OCH3 is 1. The van der Waals surface area contributed by atoms with Crippen LogP contribution in [-0.4, -0.2) is 85.4 Å². The van der Waals surface area contributed by atoms with Gasteiger partial charge in [-0.1, -0.05) is 48.0 Å². The number of benzene rings is 2. The number of amides is 2. The molecule has 2 aromatic carbocycles. The number of hydrogen-bond donors (Lipinski definition) is 0.